The van der Waals surface area contributed by atoms with E-state index in [9.17, 15) is 26.4 Å². The number of carbonyl (C=O) groups is 1. The van der Waals surface area contributed by atoms with Crippen molar-refractivity contribution in [2.24, 2.45) is 0 Å². The Labute approximate surface area is 158 Å². The summed E-state index contributed by atoms with van der Waals surface area (Å²) in [6, 6.07) is 7.71. The smallest absolute Gasteiger partial charge is 0.416 e. The summed E-state index contributed by atoms with van der Waals surface area (Å²) in [6.45, 7) is 0. The van der Waals surface area contributed by atoms with Gasteiger partial charge in [0.2, 0.25) is 0 Å². The Kier molecular flexibility index (Phi) is 6.31. The van der Waals surface area contributed by atoms with Crippen LogP contribution in [0.15, 0.2) is 53.4 Å². The van der Waals surface area contributed by atoms with Crippen LogP contribution in [-0.2, 0) is 21.0 Å². The number of benzene rings is 2. The van der Waals surface area contributed by atoms with E-state index >= 15 is 0 Å². The molecule has 0 unspecified atom stereocenters. The Balaban J connectivity index is 2.39. The molecule has 0 aliphatic carbocycles. The number of carbonyl (C=O) groups excluding carboxylic acids is 1. The summed E-state index contributed by atoms with van der Waals surface area (Å²) in [6.07, 6.45) is -2.45. The minimum Gasteiger partial charge on any atom is -0.495 e. The number of sulfonamides is 1. The van der Waals surface area contributed by atoms with E-state index in [0.29, 0.717) is 11.6 Å². The fraction of sp³-hybridized carbons (Fsp3) is 0.118. The highest BCUT2D eigenvalue weighted by Crippen LogP contribution is 2.35. The van der Waals surface area contributed by atoms with Crippen molar-refractivity contribution in [1.29, 1.82) is 0 Å². The molecule has 11 heteroatoms. The van der Waals surface area contributed by atoms with Crippen molar-refractivity contribution >= 4 is 27.7 Å². The molecule has 0 aromatic heterocycles. The fourth-order valence-corrected chi connectivity index (χ4v) is 3.28. The van der Waals surface area contributed by atoms with Crippen LogP contribution in [0.25, 0.3) is 6.08 Å². The van der Waals surface area contributed by atoms with Gasteiger partial charge >= 0.3 is 6.18 Å². The second kappa shape index (κ2) is 8.31. The molecule has 0 aliphatic rings. The minimum atomic E-state index is -4.66. The lowest BCUT2D eigenvalue weighted by molar-refractivity contribution is -0.137. The quantitative estimate of drug-likeness (QED) is 0.381. The van der Waals surface area contributed by atoms with Crippen molar-refractivity contribution in [2.75, 3.05) is 11.8 Å². The van der Waals surface area contributed by atoms with Crippen molar-refractivity contribution in [3.8, 4) is 5.75 Å². The first-order valence-corrected chi connectivity index (χ1v) is 9.05. The van der Waals surface area contributed by atoms with E-state index in [1.165, 1.54) is 42.9 Å². The van der Waals surface area contributed by atoms with Gasteiger partial charge in [0, 0.05) is 6.08 Å². The SMILES string of the molecule is COc1ccc(C(F)(F)F)cc1NS(=O)(=O)c1cccc(C=CC(=O)NO)c1. The highest BCUT2D eigenvalue weighted by atomic mass is 32.2. The lowest BCUT2D eigenvalue weighted by atomic mass is 10.2. The number of rotatable bonds is 6. The number of hydrogen-bond acceptors (Lipinski definition) is 5. The number of hydroxylamine groups is 1. The molecule has 2 aromatic carbocycles. The second-order valence-electron chi connectivity index (χ2n) is 5.40. The van der Waals surface area contributed by atoms with Gasteiger partial charge in [-0.3, -0.25) is 14.7 Å². The third kappa shape index (κ3) is 5.24. The molecular formula is C17H15F3N2O5S. The maximum Gasteiger partial charge on any atom is 0.416 e. The Bertz CT molecular complexity index is 1000. The topological polar surface area (TPSA) is 105 Å². The summed E-state index contributed by atoms with van der Waals surface area (Å²) in [7, 11) is -3.06. The fourth-order valence-electron chi connectivity index (χ4n) is 2.16. The maximum atomic E-state index is 12.9. The van der Waals surface area contributed by atoms with Crippen molar-refractivity contribution in [3.63, 3.8) is 0 Å². The summed E-state index contributed by atoms with van der Waals surface area (Å²) < 4.78 is 70.9. The predicted octanol–water partition coefficient (Wildman–Crippen LogP) is 3.03. The normalized spacial score (nSPS) is 12.0. The van der Waals surface area contributed by atoms with Crippen molar-refractivity contribution in [1.82, 2.24) is 5.48 Å². The van der Waals surface area contributed by atoms with E-state index in [1.807, 2.05) is 0 Å². The van der Waals surface area contributed by atoms with Crippen LogP contribution in [0.4, 0.5) is 18.9 Å². The molecule has 0 fully saturated rings. The Morgan fingerprint density at radius 3 is 2.50 bits per heavy atom. The summed E-state index contributed by atoms with van der Waals surface area (Å²) in [5.41, 5.74) is 0.268. The van der Waals surface area contributed by atoms with Crippen LogP contribution in [0.1, 0.15) is 11.1 Å². The van der Waals surface area contributed by atoms with Crippen LogP contribution in [0, 0.1) is 0 Å². The number of nitrogens with one attached hydrogen (secondary N) is 2. The van der Waals surface area contributed by atoms with Crippen LogP contribution in [0.2, 0.25) is 0 Å². The van der Waals surface area contributed by atoms with Gasteiger partial charge in [0.1, 0.15) is 5.75 Å². The Hall–Kier alpha value is -3.05. The minimum absolute atomic E-state index is 0.0905. The number of amides is 1. The third-order valence-corrected chi connectivity index (χ3v) is 4.84. The van der Waals surface area contributed by atoms with Crippen molar-refractivity contribution in [2.45, 2.75) is 11.1 Å². The van der Waals surface area contributed by atoms with E-state index in [-0.39, 0.29) is 16.3 Å². The number of alkyl halides is 3. The molecule has 0 saturated carbocycles. The predicted molar refractivity (Wildman–Crippen MR) is 94.2 cm³/mol. The van der Waals surface area contributed by atoms with Gasteiger partial charge in [-0.15, -0.1) is 0 Å². The average Bonchev–Trinajstić information content (AvgIpc) is 2.65. The van der Waals surface area contributed by atoms with E-state index in [4.69, 9.17) is 9.94 Å². The van der Waals surface area contributed by atoms with E-state index in [0.717, 1.165) is 18.2 Å². The van der Waals surface area contributed by atoms with Crippen molar-refractivity contribution < 1.29 is 36.3 Å². The summed E-state index contributed by atoms with van der Waals surface area (Å²) >= 11 is 0. The number of halogens is 3. The highest BCUT2D eigenvalue weighted by molar-refractivity contribution is 7.92. The van der Waals surface area contributed by atoms with Gasteiger partial charge in [0.25, 0.3) is 15.9 Å². The van der Waals surface area contributed by atoms with Crippen LogP contribution < -0.4 is 14.9 Å². The molecule has 1 amide bonds. The first-order chi connectivity index (χ1) is 13.1. The molecule has 0 bridgehead atoms. The molecule has 150 valence electrons. The molecule has 3 N–H and O–H groups in total. The first-order valence-electron chi connectivity index (χ1n) is 7.57. The van der Waals surface area contributed by atoms with Gasteiger partial charge < -0.3 is 4.74 Å². The van der Waals surface area contributed by atoms with E-state index in [1.54, 1.807) is 0 Å². The van der Waals surface area contributed by atoms with Crippen molar-refractivity contribution in [3.05, 3.63) is 59.7 Å². The molecule has 0 saturated heterocycles. The van der Waals surface area contributed by atoms with Gasteiger partial charge in [0.15, 0.2) is 0 Å². The molecule has 0 spiro atoms. The van der Waals surface area contributed by atoms with Crippen LogP contribution in [0.3, 0.4) is 0 Å². The molecule has 0 atom stereocenters. The number of anilines is 1. The monoisotopic (exact) mass is 416 g/mol. The van der Waals surface area contributed by atoms with Gasteiger partial charge in [-0.25, -0.2) is 13.9 Å². The van der Waals surface area contributed by atoms with Gasteiger partial charge in [-0.1, -0.05) is 12.1 Å². The average molecular weight is 416 g/mol. The molecule has 0 aliphatic heterocycles. The summed E-state index contributed by atoms with van der Waals surface area (Å²) in [4.78, 5) is 10.8. The largest absolute Gasteiger partial charge is 0.495 e. The molecule has 0 radical (unpaired) electrons. The van der Waals surface area contributed by atoms with Gasteiger partial charge in [-0.2, -0.15) is 13.2 Å². The molecular weight excluding hydrogens is 401 g/mol. The van der Waals surface area contributed by atoms with Gasteiger partial charge in [-0.05, 0) is 42.0 Å². The molecule has 7 nitrogen and oxygen atoms in total. The lowest BCUT2D eigenvalue weighted by Gasteiger charge is -2.15. The Morgan fingerprint density at radius 2 is 1.89 bits per heavy atom. The molecule has 2 rings (SSSR count). The van der Waals surface area contributed by atoms with E-state index in [2.05, 4.69) is 4.72 Å². The van der Waals surface area contributed by atoms with Gasteiger partial charge in [0.05, 0.1) is 23.3 Å². The number of methoxy groups -OCH3 is 1. The maximum absolute atomic E-state index is 12.9. The number of ether oxygens (including phenoxy) is 1. The third-order valence-electron chi connectivity index (χ3n) is 3.48. The zero-order valence-electron chi connectivity index (χ0n) is 14.3. The molecule has 0 heterocycles. The summed E-state index contributed by atoms with van der Waals surface area (Å²) in [5, 5.41) is 8.44. The standard InChI is InChI=1S/C17H15F3N2O5S/c1-27-15-7-6-12(17(18,19)20)10-14(15)22-28(25,26)13-4-2-3-11(9-13)5-8-16(23)21-24/h2-10,22,24H,1H3,(H,21,23). The van der Waals surface area contributed by atoms with Crippen LogP contribution in [-0.4, -0.2) is 26.6 Å². The van der Waals surface area contributed by atoms with Crippen LogP contribution in [0.5, 0.6) is 5.75 Å². The summed E-state index contributed by atoms with van der Waals surface area (Å²) in [5.74, 6) is -0.910. The second-order valence-corrected chi connectivity index (χ2v) is 7.08. The Morgan fingerprint density at radius 1 is 1.18 bits per heavy atom. The zero-order valence-corrected chi connectivity index (χ0v) is 15.1. The van der Waals surface area contributed by atoms with Crippen LogP contribution >= 0.6 is 0 Å². The number of hydrogen-bond donors (Lipinski definition) is 3. The first kappa shape index (κ1) is 21.3. The zero-order chi connectivity index (χ0) is 20.9. The lowest BCUT2D eigenvalue weighted by Crippen LogP contribution is -2.15. The molecule has 28 heavy (non-hydrogen) atoms. The highest BCUT2D eigenvalue weighted by Gasteiger charge is 2.31. The van der Waals surface area contributed by atoms with E-state index < -0.39 is 27.7 Å². The molecule has 2 aromatic rings.